The highest BCUT2D eigenvalue weighted by Crippen LogP contribution is 2.48. The average molecular weight is 329 g/mol. The van der Waals surface area contributed by atoms with Gasteiger partial charge in [0.15, 0.2) is 0 Å². The highest BCUT2D eigenvalue weighted by molar-refractivity contribution is 5.83. The first kappa shape index (κ1) is 17.8. The average Bonchev–Trinajstić information content (AvgIpc) is 3.26. The molecule has 23 heavy (non-hydrogen) atoms. The van der Waals surface area contributed by atoms with E-state index in [-0.39, 0.29) is 36.3 Å². The van der Waals surface area contributed by atoms with Crippen molar-refractivity contribution in [3.8, 4) is 0 Å². The molecule has 0 saturated heterocycles. The van der Waals surface area contributed by atoms with Crippen LogP contribution in [-0.4, -0.2) is 23.7 Å². The van der Waals surface area contributed by atoms with Gasteiger partial charge in [0, 0.05) is 18.6 Å². The zero-order valence-corrected chi connectivity index (χ0v) is 13.2. The third-order valence-corrected chi connectivity index (χ3v) is 4.37. The van der Waals surface area contributed by atoms with E-state index in [1.165, 1.54) is 12.1 Å². The van der Waals surface area contributed by atoms with E-state index in [1.54, 1.807) is 0 Å². The van der Waals surface area contributed by atoms with E-state index < -0.39 is 11.7 Å². The highest BCUT2D eigenvalue weighted by atomic mass is 19.4. The summed E-state index contributed by atoms with van der Waals surface area (Å²) in [7, 11) is 0. The van der Waals surface area contributed by atoms with Gasteiger partial charge in [0.1, 0.15) is 0 Å². The predicted molar refractivity (Wildman–Crippen MR) is 80.8 cm³/mol. The lowest BCUT2D eigenvalue weighted by Crippen LogP contribution is -2.40. The standard InChI is InChI=1S/C17H22F3NO2/c1-10(2)15(7-8-22)21-16(23)14-9-13(14)11-3-5-12(6-4-11)17(18,19)20/h3-6,10,13-15,22H,7-9H2,1-2H3,(H,21,23). The molecule has 1 aliphatic rings. The van der Waals surface area contributed by atoms with Crippen LogP contribution in [0.15, 0.2) is 24.3 Å². The van der Waals surface area contributed by atoms with E-state index in [9.17, 15) is 18.0 Å². The Bertz CT molecular complexity index is 540. The molecular formula is C17H22F3NO2. The van der Waals surface area contributed by atoms with Gasteiger partial charge < -0.3 is 10.4 Å². The van der Waals surface area contributed by atoms with Gasteiger partial charge in [0.2, 0.25) is 5.91 Å². The molecule has 0 bridgehead atoms. The summed E-state index contributed by atoms with van der Waals surface area (Å²) in [6, 6.07) is 4.95. The number of halogens is 3. The second-order valence-corrected chi connectivity index (χ2v) is 6.44. The summed E-state index contributed by atoms with van der Waals surface area (Å²) in [5.74, 6) is -0.0673. The third kappa shape index (κ3) is 4.47. The molecule has 1 aromatic rings. The van der Waals surface area contributed by atoms with Gasteiger partial charge in [-0.2, -0.15) is 13.2 Å². The summed E-state index contributed by atoms with van der Waals surface area (Å²) in [5.41, 5.74) is 0.0899. The first-order valence-electron chi connectivity index (χ1n) is 7.82. The topological polar surface area (TPSA) is 49.3 Å². The molecule has 1 aliphatic carbocycles. The minimum Gasteiger partial charge on any atom is -0.396 e. The Morgan fingerprint density at radius 2 is 1.91 bits per heavy atom. The molecule has 1 amide bonds. The number of benzene rings is 1. The molecule has 0 radical (unpaired) electrons. The second-order valence-electron chi connectivity index (χ2n) is 6.44. The number of hydrogen-bond donors (Lipinski definition) is 2. The van der Waals surface area contributed by atoms with Crippen molar-refractivity contribution in [2.45, 2.75) is 44.8 Å². The van der Waals surface area contributed by atoms with Gasteiger partial charge in [0.05, 0.1) is 5.56 Å². The number of amides is 1. The summed E-state index contributed by atoms with van der Waals surface area (Å²) in [4.78, 5) is 12.2. The summed E-state index contributed by atoms with van der Waals surface area (Å²) in [6.45, 7) is 3.96. The van der Waals surface area contributed by atoms with Crippen LogP contribution in [0.5, 0.6) is 0 Å². The summed E-state index contributed by atoms with van der Waals surface area (Å²) >= 11 is 0. The maximum absolute atomic E-state index is 12.5. The minimum atomic E-state index is -4.34. The zero-order valence-electron chi connectivity index (χ0n) is 13.2. The van der Waals surface area contributed by atoms with Crippen LogP contribution >= 0.6 is 0 Å². The van der Waals surface area contributed by atoms with Crippen molar-refractivity contribution >= 4 is 5.91 Å². The first-order valence-corrected chi connectivity index (χ1v) is 7.82. The third-order valence-electron chi connectivity index (χ3n) is 4.37. The molecule has 0 spiro atoms. The number of aliphatic hydroxyl groups is 1. The van der Waals surface area contributed by atoms with Gasteiger partial charge in [-0.1, -0.05) is 26.0 Å². The first-order chi connectivity index (χ1) is 10.7. The Balaban J connectivity index is 1.95. The van der Waals surface area contributed by atoms with Crippen LogP contribution in [0.25, 0.3) is 0 Å². The highest BCUT2D eigenvalue weighted by Gasteiger charge is 2.44. The van der Waals surface area contributed by atoms with Gasteiger partial charge in [0.25, 0.3) is 0 Å². The van der Waals surface area contributed by atoms with Gasteiger partial charge >= 0.3 is 6.18 Å². The number of alkyl halides is 3. The van der Waals surface area contributed by atoms with Crippen molar-refractivity contribution in [1.82, 2.24) is 5.32 Å². The molecule has 3 nitrogen and oxygen atoms in total. The maximum atomic E-state index is 12.5. The van der Waals surface area contributed by atoms with Crippen molar-refractivity contribution in [3.05, 3.63) is 35.4 Å². The number of rotatable bonds is 6. The monoisotopic (exact) mass is 329 g/mol. The quantitative estimate of drug-likeness (QED) is 0.841. The van der Waals surface area contributed by atoms with E-state index in [2.05, 4.69) is 5.32 Å². The molecule has 3 unspecified atom stereocenters. The fraction of sp³-hybridized carbons (Fsp3) is 0.588. The van der Waals surface area contributed by atoms with Crippen LogP contribution in [0.4, 0.5) is 13.2 Å². The van der Waals surface area contributed by atoms with Gasteiger partial charge in [-0.15, -0.1) is 0 Å². The minimum absolute atomic E-state index is 0.0100. The van der Waals surface area contributed by atoms with E-state index >= 15 is 0 Å². The molecule has 1 aromatic carbocycles. The fourth-order valence-corrected chi connectivity index (χ4v) is 2.77. The molecule has 6 heteroatoms. The molecule has 1 saturated carbocycles. The van der Waals surface area contributed by atoms with E-state index in [0.29, 0.717) is 12.8 Å². The van der Waals surface area contributed by atoms with E-state index in [0.717, 1.165) is 17.7 Å². The Morgan fingerprint density at radius 3 is 2.39 bits per heavy atom. The number of carbonyl (C=O) groups is 1. The lowest BCUT2D eigenvalue weighted by Gasteiger charge is -2.21. The molecule has 0 heterocycles. The van der Waals surface area contributed by atoms with Crippen molar-refractivity contribution in [2.24, 2.45) is 11.8 Å². The molecular weight excluding hydrogens is 307 g/mol. The lowest BCUT2D eigenvalue weighted by molar-refractivity contribution is -0.137. The zero-order chi connectivity index (χ0) is 17.2. The van der Waals surface area contributed by atoms with Crippen LogP contribution in [0.3, 0.4) is 0 Å². The van der Waals surface area contributed by atoms with Crippen molar-refractivity contribution in [1.29, 1.82) is 0 Å². The van der Waals surface area contributed by atoms with Crippen LogP contribution < -0.4 is 5.32 Å². The Kier molecular flexibility index (Phi) is 5.34. The number of nitrogens with one attached hydrogen (secondary N) is 1. The molecule has 3 atom stereocenters. The SMILES string of the molecule is CC(C)C(CCO)NC(=O)C1CC1c1ccc(C(F)(F)F)cc1. The van der Waals surface area contributed by atoms with Gasteiger partial charge in [-0.05, 0) is 42.4 Å². The smallest absolute Gasteiger partial charge is 0.396 e. The summed E-state index contributed by atoms with van der Waals surface area (Å²) < 4.78 is 37.6. The number of hydrogen-bond acceptors (Lipinski definition) is 2. The summed E-state index contributed by atoms with van der Waals surface area (Å²) in [6.07, 6.45) is -3.18. The van der Waals surface area contributed by atoms with Crippen LogP contribution in [-0.2, 0) is 11.0 Å². The van der Waals surface area contributed by atoms with Gasteiger partial charge in [-0.3, -0.25) is 4.79 Å². The van der Waals surface area contributed by atoms with Crippen LogP contribution in [0.2, 0.25) is 0 Å². The normalized spacial score (nSPS) is 22.0. The van der Waals surface area contributed by atoms with Crippen LogP contribution in [0, 0.1) is 11.8 Å². The Hall–Kier alpha value is -1.56. The molecule has 0 aromatic heterocycles. The van der Waals surface area contributed by atoms with Crippen molar-refractivity contribution in [3.63, 3.8) is 0 Å². The lowest BCUT2D eigenvalue weighted by atomic mass is 10.0. The van der Waals surface area contributed by atoms with Gasteiger partial charge in [-0.25, -0.2) is 0 Å². The number of carbonyl (C=O) groups excluding carboxylic acids is 1. The number of aliphatic hydroxyl groups excluding tert-OH is 1. The molecule has 0 aliphatic heterocycles. The summed E-state index contributed by atoms with van der Waals surface area (Å²) in [5, 5.41) is 12.0. The predicted octanol–water partition coefficient (Wildman–Crippen LogP) is 3.33. The maximum Gasteiger partial charge on any atom is 0.416 e. The fourth-order valence-electron chi connectivity index (χ4n) is 2.77. The molecule has 2 rings (SSSR count). The Labute approximate surface area is 133 Å². The van der Waals surface area contributed by atoms with E-state index in [4.69, 9.17) is 5.11 Å². The molecule has 1 fully saturated rings. The molecule has 2 N–H and O–H groups in total. The van der Waals surface area contributed by atoms with Crippen LogP contribution in [0.1, 0.15) is 43.7 Å². The van der Waals surface area contributed by atoms with Crippen molar-refractivity contribution in [2.75, 3.05) is 6.61 Å². The van der Waals surface area contributed by atoms with E-state index in [1.807, 2.05) is 13.8 Å². The second kappa shape index (κ2) is 6.91. The Morgan fingerprint density at radius 1 is 1.30 bits per heavy atom. The largest absolute Gasteiger partial charge is 0.416 e. The van der Waals surface area contributed by atoms with Crippen molar-refractivity contribution < 1.29 is 23.1 Å². The molecule has 128 valence electrons.